The highest BCUT2D eigenvalue weighted by Crippen LogP contribution is 2.39. The van der Waals surface area contributed by atoms with Crippen molar-refractivity contribution in [2.45, 2.75) is 39.7 Å². The largest absolute Gasteiger partial charge is 0.478 e. The van der Waals surface area contributed by atoms with E-state index in [1.165, 1.54) is 22.9 Å². The summed E-state index contributed by atoms with van der Waals surface area (Å²) in [4.78, 5) is 18.1. The number of carboxylic acid groups (broad SMARTS) is 1. The third-order valence-corrected chi connectivity index (χ3v) is 5.32. The van der Waals surface area contributed by atoms with Gasteiger partial charge in [-0.1, -0.05) is 30.7 Å². The number of carboxylic acids is 1. The van der Waals surface area contributed by atoms with Gasteiger partial charge in [0.1, 0.15) is 0 Å². The summed E-state index contributed by atoms with van der Waals surface area (Å²) in [6.07, 6.45) is 5.15. The van der Waals surface area contributed by atoms with Crippen molar-refractivity contribution in [2.24, 2.45) is 4.99 Å². The molecule has 1 N–H and O–H groups in total. The van der Waals surface area contributed by atoms with Gasteiger partial charge in [-0.15, -0.1) is 0 Å². The number of halogens is 1. The molecule has 0 atom stereocenters. The molecule has 0 aliphatic carbocycles. The number of hydrogen-bond acceptors (Lipinski definition) is 3. The number of rotatable bonds is 5. The average molecular weight is 397 g/mol. The van der Waals surface area contributed by atoms with Crippen molar-refractivity contribution in [3.63, 3.8) is 0 Å². The summed E-state index contributed by atoms with van der Waals surface area (Å²) < 4.78 is 0. The quantitative estimate of drug-likeness (QED) is 0.612. The Balaban J connectivity index is 1.94. The first-order valence-electron chi connectivity index (χ1n) is 9.41. The van der Waals surface area contributed by atoms with Gasteiger partial charge < -0.3 is 10.0 Å². The van der Waals surface area contributed by atoms with Crippen LogP contribution in [0.2, 0.25) is 5.02 Å². The maximum Gasteiger partial charge on any atom is 0.337 e. The van der Waals surface area contributed by atoms with Crippen molar-refractivity contribution < 1.29 is 9.90 Å². The second-order valence-corrected chi connectivity index (χ2v) is 8.04. The molecular weight excluding hydrogens is 372 g/mol. The van der Waals surface area contributed by atoms with Crippen molar-refractivity contribution in [1.29, 1.82) is 0 Å². The van der Waals surface area contributed by atoms with Crippen LogP contribution in [0.15, 0.2) is 47.5 Å². The Hall–Kier alpha value is -2.59. The van der Waals surface area contributed by atoms with Crippen LogP contribution in [-0.2, 0) is 0 Å². The third kappa shape index (κ3) is 3.97. The first kappa shape index (κ1) is 20.2. The standard InChI is InChI=1S/C23H25ClN2O2/c1-5-10-26-21-9-6-16(11-18(21)15(2)13-23(26,3)4)14-25-17-7-8-20(24)19(12-17)22(27)28/h6-9,11-14H,5,10H2,1-4H3,(H,27,28). The number of aromatic carboxylic acids is 1. The molecule has 0 spiro atoms. The number of allylic oxidation sites excluding steroid dienone is 1. The molecule has 2 aromatic carbocycles. The van der Waals surface area contributed by atoms with Gasteiger partial charge in [0.2, 0.25) is 0 Å². The Morgan fingerprint density at radius 2 is 2.00 bits per heavy atom. The molecule has 1 aliphatic rings. The Kier molecular flexibility index (Phi) is 5.61. The van der Waals surface area contributed by atoms with Crippen molar-refractivity contribution >= 4 is 40.7 Å². The molecule has 0 bridgehead atoms. The molecule has 0 saturated heterocycles. The minimum atomic E-state index is -1.06. The molecule has 5 heteroatoms. The number of aliphatic imine (C=N–C) groups is 1. The number of anilines is 1. The predicted molar refractivity (Wildman–Crippen MR) is 117 cm³/mol. The summed E-state index contributed by atoms with van der Waals surface area (Å²) in [5, 5.41) is 9.41. The van der Waals surface area contributed by atoms with Crippen molar-refractivity contribution in [1.82, 2.24) is 0 Å². The van der Waals surface area contributed by atoms with Gasteiger partial charge in [-0.05, 0) is 68.7 Å². The van der Waals surface area contributed by atoms with Crippen LogP contribution in [0.1, 0.15) is 55.6 Å². The minimum Gasteiger partial charge on any atom is -0.478 e. The van der Waals surface area contributed by atoms with Gasteiger partial charge in [0.25, 0.3) is 0 Å². The molecule has 4 nitrogen and oxygen atoms in total. The SMILES string of the molecule is CCCN1c2ccc(C=Nc3ccc(Cl)c(C(=O)O)c3)cc2C(C)=CC1(C)C. The van der Waals surface area contributed by atoms with Crippen LogP contribution in [-0.4, -0.2) is 29.4 Å². The Morgan fingerprint density at radius 1 is 1.25 bits per heavy atom. The van der Waals surface area contributed by atoms with E-state index in [9.17, 15) is 9.90 Å². The van der Waals surface area contributed by atoms with E-state index in [0.717, 1.165) is 18.5 Å². The van der Waals surface area contributed by atoms with E-state index in [4.69, 9.17) is 11.6 Å². The molecule has 146 valence electrons. The maximum absolute atomic E-state index is 11.2. The van der Waals surface area contributed by atoms with E-state index < -0.39 is 5.97 Å². The lowest BCUT2D eigenvalue weighted by atomic mass is 9.88. The average Bonchev–Trinajstić information content (AvgIpc) is 2.64. The zero-order valence-electron chi connectivity index (χ0n) is 16.7. The van der Waals surface area contributed by atoms with E-state index in [1.54, 1.807) is 18.3 Å². The monoisotopic (exact) mass is 396 g/mol. The molecule has 0 radical (unpaired) electrons. The van der Waals surface area contributed by atoms with Crippen LogP contribution in [0.3, 0.4) is 0 Å². The Labute approximate surface area is 171 Å². The van der Waals surface area contributed by atoms with Crippen LogP contribution in [0, 0.1) is 0 Å². The zero-order chi connectivity index (χ0) is 20.5. The lowest BCUT2D eigenvalue weighted by molar-refractivity contribution is 0.0697. The molecule has 0 unspecified atom stereocenters. The van der Waals surface area contributed by atoms with E-state index >= 15 is 0 Å². The summed E-state index contributed by atoms with van der Waals surface area (Å²) in [6, 6.07) is 11.1. The first-order valence-corrected chi connectivity index (χ1v) is 9.79. The predicted octanol–water partition coefficient (Wildman–Crippen LogP) is 6.20. The highest BCUT2D eigenvalue weighted by atomic mass is 35.5. The summed E-state index contributed by atoms with van der Waals surface area (Å²) in [7, 11) is 0. The second-order valence-electron chi connectivity index (χ2n) is 7.64. The molecular formula is C23H25ClN2O2. The van der Waals surface area contributed by atoms with Gasteiger partial charge in [0.05, 0.1) is 21.8 Å². The van der Waals surface area contributed by atoms with Crippen LogP contribution >= 0.6 is 11.6 Å². The number of nitrogens with zero attached hydrogens (tertiary/aromatic N) is 2. The van der Waals surface area contributed by atoms with Crippen LogP contribution in [0.4, 0.5) is 11.4 Å². The fraction of sp³-hybridized carbons (Fsp3) is 0.304. The van der Waals surface area contributed by atoms with Gasteiger partial charge >= 0.3 is 5.97 Å². The lowest BCUT2D eigenvalue weighted by Crippen LogP contribution is -2.45. The normalized spacial score (nSPS) is 15.5. The van der Waals surface area contributed by atoms with E-state index in [-0.39, 0.29) is 16.1 Å². The summed E-state index contributed by atoms with van der Waals surface area (Å²) in [5.74, 6) is -1.06. The highest BCUT2D eigenvalue weighted by Gasteiger charge is 2.30. The fourth-order valence-electron chi connectivity index (χ4n) is 3.72. The first-order chi connectivity index (χ1) is 13.2. The third-order valence-electron chi connectivity index (χ3n) is 4.99. The molecule has 0 amide bonds. The molecule has 28 heavy (non-hydrogen) atoms. The van der Waals surface area contributed by atoms with Gasteiger partial charge in [-0.2, -0.15) is 0 Å². The molecule has 1 heterocycles. The van der Waals surface area contributed by atoms with Crippen LogP contribution in [0.25, 0.3) is 5.57 Å². The summed E-state index contributed by atoms with van der Waals surface area (Å²) >= 11 is 5.92. The second kappa shape index (κ2) is 7.80. The zero-order valence-corrected chi connectivity index (χ0v) is 17.4. The van der Waals surface area contributed by atoms with Crippen molar-refractivity contribution in [3.05, 3.63) is 64.2 Å². The smallest absolute Gasteiger partial charge is 0.337 e. The Morgan fingerprint density at radius 3 is 2.68 bits per heavy atom. The summed E-state index contributed by atoms with van der Waals surface area (Å²) in [5.41, 5.74) is 5.26. The van der Waals surface area contributed by atoms with E-state index in [2.05, 4.69) is 55.8 Å². The van der Waals surface area contributed by atoms with E-state index in [1.807, 2.05) is 6.07 Å². The van der Waals surface area contributed by atoms with E-state index in [0.29, 0.717) is 5.69 Å². The fourth-order valence-corrected chi connectivity index (χ4v) is 3.92. The molecule has 0 aromatic heterocycles. The molecule has 0 saturated carbocycles. The number of carbonyl (C=O) groups is 1. The number of benzene rings is 2. The van der Waals surface area contributed by atoms with Gasteiger partial charge in [0.15, 0.2) is 0 Å². The van der Waals surface area contributed by atoms with Crippen molar-refractivity contribution in [3.8, 4) is 0 Å². The van der Waals surface area contributed by atoms with Gasteiger partial charge in [-0.25, -0.2) is 4.79 Å². The van der Waals surface area contributed by atoms with Crippen molar-refractivity contribution in [2.75, 3.05) is 11.4 Å². The maximum atomic E-state index is 11.2. The Bertz CT molecular complexity index is 977. The van der Waals surface area contributed by atoms with Crippen LogP contribution < -0.4 is 4.90 Å². The van der Waals surface area contributed by atoms with Gasteiger partial charge in [0, 0.05) is 24.0 Å². The van der Waals surface area contributed by atoms with Gasteiger partial charge in [-0.3, -0.25) is 4.99 Å². The lowest BCUT2D eigenvalue weighted by Gasteiger charge is -2.43. The molecule has 0 fully saturated rings. The molecule has 2 aromatic rings. The number of fused-ring (bicyclic) bond motifs is 1. The minimum absolute atomic E-state index is 0.0146. The topological polar surface area (TPSA) is 52.9 Å². The summed E-state index contributed by atoms with van der Waals surface area (Å²) in [6.45, 7) is 9.82. The number of hydrogen-bond donors (Lipinski definition) is 1. The molecule has 3 rings (SSSR count). The highest BCUT2D eigenvalue weighted by molar-refractivity contribution is 6.33. The molecule has 1 aliphatic heterocycles. The van der Waals surface area contributed by atoms with Crippen LogP contribution in [0.5, 0.6) is 0 Å².